The minimum absolute atomic E-state index is 0.145. The number of hydrogen-bond donors (Lipinski definition) is 1. The molecule has 3 aromatic heterocycles. The summed E-state index contributed by atoms with van der Waals surface area (Å²) in [5.41, 5.74) is 3.42. The number of likely N-dealkylation sites (tertiary alicyclic amines) is 1. The molecule has 0 unspecified atom stereocenters. The quantitative estimate of drug-likeness (QED) is 0.215. The maximum Gasteiger partial charge on any atom is 0.246 e. The van der Waals surface area contributed by atoms with Crippen LogP contribution >= 0.6 is 0 Å². The number of nitrogens with one attached hydrogen (secondary N) is 1. The third-order valence-corrected chi connectivity index (χ3v) is 6.94. The molecule has 0 bridgehead atoms. The summed E-state index contributed by atoms with van der Waals surface area (Å²) >= 11 is 0. The van der Waals surface area contributed by atoms with Gasteiger partial charge in [-0.25, -0.2) is 14.4 Å². The van der Waals surface area contributed by atoms with Gasteiger partial charge in [-0.3, -0.25) is 14.8 Å². The number of hydrogen-bond acceptors (Lipinski definition) is 9. The van der Waals surface area contributed by atoms with E-state index in [1.54, 1.807) is 47.8 Å². The van der Waals surface area contributed by atoms with Crippen molar-refractivity contribution in [2.45, 2.75) is 13.0 Å². The lowest BCUT2D eigenvalue weighted by Crippen LogP contribution is -2.55. The standard InChI is InChI=1S/C32H27FN6O4/c1-4-31(40)39-16-24(17-39)43-30-11-25-28(12-29(30)41-3)36-18-37-32(25)38-27-8-7-22(10-26(27)33)42-23-9-21(13-34-15-23)20-6-5-19(2)35-14-20/h4-15,18,24H,1,16-17H2,2-3H3,(H,36,37,38). The number of aryl methyl sites for hydroxylation is 1. The van der Waals surface area contributed by atoms with Crippen LogP contribution in [0.15, 0.2) is 86.1 Å². The number of carbonyl (C=O) groups excluding carboxylic acids is 1. The predicted octanol–water partition coefficient (Wildman–Crippen LogP) is 5.85. The van der Waals surface area contributed by atoms with Gasteiger partial charge in [0.2, 0.25) is 5.91 Å². The third kappa shape index (κ3) is 5.91. The molecule has 6 rings (SSSR count). The minimum atomic E-state index is -0.539. The van der Waals surface area contributed by atoms with Gasteiger partial charge in [-0.1, -0.05) is 12.6 Å². The number of benzene rings is 2. The first-order valence-corrected chi connectivity index (χ1v) is 13.4. The van der Waals surface area contributed by atoms with E-state index in [1.807, 2.05) is 25.1 Å². The van der Waals surface area contributed by atoms with E-state index < -0.39 is 5.82 Å². The van der Waals surface area contributed by atoms with E-state index in [2.05, 4.69) is 31.8 Å². The highest BCUT2D eigenvalue weighted by molar-refractivity contribution is 5.93. The zero-order chi connectivity index (χ0) is 29.9. The fourth-order valence-electron chi connectivity index (χ4n) is 4.61. The maximum absolute atomic E-state index is 15.3. The van der Waals surface area contributed by atoms with Gasteiger partial charge in [-0.05, 0) is 43.3 Å². The van der Waals surface area contributed by atoms with Crippen molar-refractivity contribution in [2.75, 3.05) is 25.5 Å². The monoisotopic (exact) mass is 578 g/mol. The van der Waals surface area contributed by atoms with Crippen LogP contribution in [0.5, 0.6) is 23.0 Å². The van der Waals surface area contributed by atoms with Crippen molar-refractivity contribution in [3.8, 4) is 34.1 Å². The highest BCUT2D eigenvalue weighted by atomic mass is 19.1. The number of fused-ring (bicyclic) bond motifs is 1. The van der Waals surface area contributed by atoms with Crippen LogP contribution in [0.1, 0.15) is 5.69 Å². The van der Waals surface area contributed by atoms with Gasteiger partial charge in [0, 0.05) is 46.7 Å². The van der Waals surface area contributed by atoms with Crippen LogP contribution in [0, 0.1) is 12.7 Å². The van der Waals surface area contributed by atoms with Gasteiger partial charge in [-0.15, -0.1) is 0 Å². The number of pyridine rings is 2. The van der Waals surface area contributed by atoms with Crippen molar-refractivity contribution in [2.24, 2.45) is 0 Å². The van der Waals surface area contributed by atoms with Crippen molar-refractivity contribution in [1.82, 2.24) is 24.8 Å². The number of amides is 1. The Labute approximate surface area is 246 Å². The second-order valence-corrected chi connectivity index (χ2v) is 9.90. The van der Waals surface area contributed by atoms with E-state index in [4.69, 9.17) is 14.2 Å². The molecule has 0 saturated carbocycles. The van der Waals surface area contributed by atoms with Crippen LogP contribution in [0.3, 0.4) is 0 Å². The molecule has 0 aliphatic carbocycles. The van der Waals surface area contributed by atoms with E-state index in [0.29, 0.717) is 52.8 Å². The molecule has 43 heavy (non-hydrogen) atoms. The summed E-state index contributed by atoms with van der Waals surface area (Å²) in [6.45, 7) is 6.31. The Morgan fingerprint density at radius 2 is 1.86 bits per heavy atom. The van der Waals surface area contributed by atoms with E-state index in [1.165, 1.54) is 25.6 Å². The summed E-state index contributed by atoms with van der Waals surface area (Å²) in [5.74, 6) is 1.41. The van der Waals surface area contributed by atoms with Crippen LogP contribution < -0.4 is 19.5 Å². The second kappa shape index (κ2) is 11.7. The first-order chi connectivity index (χ1) is 20.9. The molecular weight excluding hydrogens is 551 g/mol. The Morgan fingerprint density at radius 3 is 2.60 bits per heavy atom. The SMILES string of the molecule is C=CC(=O)N1CC(Oc2cc3c(Nc4ccc(Oc5cncc(-c6ccc(C)nc6)c5)cc4F)ncnc3cc2OC)C1. The van der Waals surface area contributed by atoms with Crippen molar-refractivity contribution in [3.05, 3.63) is 97.6 Å². The lowest BCUT2D eigenvalue weighted by molar-refractivity contribution is -0.134. The first kappa shape index (κ1) is 27.6. The second-order valence-electron chi connectivity index (χ2n) is 9.90. The summed E-state index contributed by atoms with van der Waals surface area (Å²) in [4.78, 5) is 30.7. The van der Waals surface area contributed by atoms with Crippen LogP contribution in [0.2, 0.25) is 0 Å². The van der Waals surface area contributed by atoms with E-state index in [-0.39, 0.29) is 17.7 Å². The Balaban J connectivity index is 1.20. The summed E-state index contributed by atoms with van der Waals surface area (Å²) < 4.78 is 32.8. The minimum Gasteiger partial charge on any atom is -0.493 e. The molecule has 1 N–H and O–H groups in total. The highest BCUT2D eigenvalue weighted by Crippen LogP contribution is 2.37. The largest absolute Gasteiger partial charge is 0.493 e. The first-order valence-electron chi connectivity index (χ1n) is 13.4. The maximum atomic E-state index is 15.3. The Kier molecular flexibility index (Phi) is 7.52. The van der Waals surface area contributed by atoms with Crippen LogP contribution in [-0.2, 0) is 4.79 Å². The Bertz CT molecular complexity index is 1830. The topological polar surface area (TPSA) is 112 Å². The number of carbonyl (C=O) groups is 1. The number of aromatic nitrogens is 4. The molecule has 11 heteroatoms. The molecule has 1 saturated heterocycles. The lowest BCUT2D eigenvalue weighted by Gasteiger charge is -2.38. The zero-order valence-electron chi connectivity index (χ0n) is 23.5. The Hall–Kier alpha value is -5.58. The predicted molar refractivity (Wildman–Crippen MR) is 159 cm³/mol. The average molecular weight is 579 g/mol. The van der Waals surface area contributed by atoms with Crippen LogP contribution in [0.4, 0.5) is 15.9 Å². The molecule has 1 aliphatic heterocycles. The van der Waals surface area contributed by atoms with Gasteiger partial charge < -0.3 is 24.4 Å². The third-order valence-electron chi connectivity index (χ3n) is 6.94. The molecule has 5 aromatic rings. The van der Waals surface area contributed by atoms with Gasteiger partial charge >= 0.3 is 0 Å². The molecule has 1 fully saturated rings. The lowest BCUT2D eigenvalue weighted by atomic mass is 10.1. The zero-order valence-corrected chi connectivity index (χ0v) is 23.5. The summed E-state index contributed by atoms with van der Waals surface area (Å²) in [5, 5.41) is 3.66. The average Bonchev–Trinajstić information content (AvgIpc) is 3.00. The molecule has 0 radical (unpaired) electrons. The van der Waals surface area contributed by atoms with Gasteiger partial charge in [-0.2, -0.15) is 0 Å². The van der Waals surface area contributed by atoms with E-state index in [9.17, 15) is 4.79 Å². The molecule has 1 aliphatic rings. The van der Waals surface area contributed by atoms with Gasteiger partial charge in [0.1, 0.15) is 35.6 Å². The summed E-state index contributed by atoms with van der Waals surface area (Å²) in [6, 6.07) is 13.7. The smallest absolute Gasteiger partial charge is 0.246 e. The van der Waals surface area contributed by atoms with Gasteiger partial charge in [0.05, 0.1) is 37.6 Å². The normalized spacial score (nSPS) is 12.9. The number of ether oxygens (including phenoxy) is 3. The van der Waals surface area contributed by atoms with E-state index in [0.717, 1.165) is 16.8 Å². The molecule has 4 heterocycles. The number of nitrogens with zero attached hydrogens (tertiary/aromatic N) is 5. The molecule has 2 aromatic carbocycles. The molecule has 10 nitrogen and oxygen atoms in total. The molecule has 216 valence electrons. The van der Waals surface area contributed by atoms with Crippen molar-refractivity contribution in [1.29, 1.82) is 0 Å². The fraction of sp³-hybridized carbons (Fsp3) is 0.156. The number of methoxy groups -OCH3 is 1. The highest BCUT2D eigenvalue weighted by Gasteiger charge is 2.31. The van der Waals surface area contributed by atoms with Crippen LogP contribution in [0.25, 0.3) is 22.0 Å². The van der Waals surface area contributed by atoms with Gasteiger partial charge in [0.25, 0.3) is 0 Å². The number of anilines is 2. The molecule has 0 atom stereocenters. The van der Waals surface area contributed by atoms with Crippen molar-refractivity contribution >= 4 is 28.3 Å². The van der Waals surface area contributed by atoms with Gasteiger partial charge in [0.15, 0.2) is 11.5 Å². The van der Waals surface area contributed by atoms with Crippen molar-refractivity contribution < 1.29 is 23.4 Å². The number of rotatable bonds is 9. The molecular formula is C32H27FN6O4. The number of halogens is 1. The van der Waals surface area contributed by atoms with Crippen LogP contribution in [-0.4, -0.2) is 57.0 Å². The summed E-state index contributed by atoms with van der Waals surface area (Å²) in [7, 11) is 1.54. The Morgan fingerprint density at radius 1 is 1.00 bits per heavy atom. The molecule has 1 amide bonds. The van der Waals surface area contributed by atoms with E-state index >= 15 is 4.39 Å². The fourth-order valence-corrected chi connectivity index (χ4v) is 4.61. The summed E-state index contributed by atoms with van der Waals surface area (Å²) in [6.07, 6.45) is 7.51. The van der Waals surface area contributed by atoms with Crippen molar-refractivity contribution in [3.63, 3.8) is 0 Å². The molecule has 0 spiro atoms.